The Hall–Kier alpha value is -3.02. The van der Waals surface area contributed by atoms with Gasteiger partial charge in [-0.1, -0.05) is 41.9 Å². The number of anilines is 1. The van der Waals surface area contributed by atoms with Crippen molar-refractivity contribution in [1.29, 1.82) is 0 Å². The summed E-state index contributed by atoms with van der Waals surface area (Å²) in [6.07, 6.45) is 0. The Morgan fingerprint density at radius 3 is 2.66 bits per heavy atom. The molecule has 0 spiro atoms. The van der Waals surface area contributed by atoms with E-state index in [-0.39, 0.29) is 5.91 Å². The van der Waals surface area contributed by atoms with E-state index in [1.807, 2.05) is 41.8 Å². The van der Waals surface area contributed by atoms with Crippen LogP contribution in [0.4, 0.5) is 5.69 Å². The van der Waals surface area contributed by atoms with Gasteiger partial charge in [0.25, 0.3) is 5.91 Å². The molecule has 146 valence electrons. The number of hydrogen-bond acceptors (Lipinski definition) is 4. The highest BCUT2D eigenvalue weighted by Crippen LogP contribution is 2.28. The van der Waals surface area contributed by atoms with E-state index >= 15 is 0 Å². The predicted octanol–water partition coefficient (Wildman–Crippen LogP) is 6.39. The Kier molecular flexibility index (Phi) is 5.69. The first kappa shape index (κ1) is 19.3. The number of thiophene rings is 1. The number of methoxy groups -OCH3 is 1. The highest BCUT2D eigenvalue weighted by molar-refractivity contribution is 7.12. The molecule has 0 saturated carbocycles. The highest BCUT2D eigenvalue weighted by atomic mass is 35.5. The fourth-order valence-electron chi connectivity index (χ4n) is 2.93. The van der Waals surface area contributed by atoms with E-state index in [9.17, 15) is 4.79 Å². The first-order chi connectivity index (χ1) is 14.1. The van der Waals surface area contributed by atoms with Crippen LogP contribution in [0.25, 0.3) is 10.8 Å². The van der Waals surface area contributed by atoms with E-state index in [1.54, 1.807) is 25.3 Å². The third-order valence-electron chi connectivity index (χ3n) is 4.41. The normalized spacial score (nSPS) is 10.7. The van der Waals surface area contributed by atoms with Crippen LogP contribution in [0, 0.1) is 0 Å². The fourth-order valence-corrected chi connectivity index (χ4v) is 3.98. The standard InChI is InChI=1S/C23H18ClNO3S/c1-27-21-9-7-18(12-20(21)24)25-23(26)22-10-15(14-29-22)13-28-19-8-6-16-4-2-3-5-17(16)11-19/h2-12,14H,13H2,1H3,(H,25,26). The summed E-state index contributed by atoms with van der Waals surface area (Å²) in [6.45, 7) is 0.399. The third kappa shape index (κ3) is 4.53. The first-order valence-electron chi connectivity index (χ1n) is 8.96. The summed E-state index contributed by atoms with van der Waals surface area (Å²) in [7, 11) is 1.55. The molecule has 0 aliphatic carbocycles. The van der Waals surface area contributed by atoms with Crippen molar-refractivity contribution in [3.8, 4) is 11.5 Å². The second kappa shape index (κ2) is 8.55. The van der Waals surface area contributed by atoms with Crippen molar-refractivity contribution in [2.75, 3.05) is 12.4 Å². The molecule has 4 aromatic rings. The number of halogens is 1. The number of carbonyl (C=O) groups is 1. The monoisotopic (exact) mass is 423 g/mol. The second-order valence-electron chi connectivity index (χ2n) is 6.42. The van der Waals surface area contributed by atoms with Crippen molar-refractivity contribution in [2.24, 2.45) is 0 Å². The van der Waals surface area contributed by atoms with Crippen LogP contribution in [0.15, 0.2) is 72.1 Å². The summed E-state index contributed by atoms with van der Waals surface area (Å²) in [5, 5.41) is 7.53. The Morgan fingerprint density at radius 1 is 1.03 bits per heavy atom. The first-order valence-corrected chi connectivity index (χ1v) is 10.2. The van der Waals surface area contributed by atoms with Crippen LogP contribution in [0.5, 0.6) is 11.5 Å². The van der Waals surface area contributed by atoms with E-state index in [2.05, 4.69) is 17.4 Å². The number of fused-ring (bicyclic) bond motifs is 1. The number of nitrogens with one attached hydrogen (secondary N) is 1. The Morgan fingerprint density at radius 2 is 1.86 bits per heavy atom. The molecule has 1 amide bonds. The van der Waals surface area contributed by atoms with Gasteiger partial charge in [0.15, 0.2) is 0 Å². The quantitative estimate of drug-likeness (QED) is 0.390. The summed E-state index contributed by atoms with van der Waals surface area (Å²) < 4.78 is 11.0. The van der Waals surface area contributed by atoms with E-state index in [0.29, 0.717) is 27.9 Å². The smallest absolute Gasteiger partial charge is 0.265 e. The van der Waals surface area contributed by atoms with Gasteiger partial charge in [-0.05, 0) is 52.6 Å². The molecule has 4 rings (SSSR count). The van der Waals surface area contributed by atoms with Gasteiger partial charge in [-0.3, -0.25) is 4.79 Å². The van der Waals surface area contributed by atoms with Gasteiger partial charge in [0, 0.05) is 11.3 Å². The largest absolute Gasteiger partial charge is 0.495 e. The van der Waals surface area contributed by atoms with Gasteiger partial charge in [-0.25, -0.2) is 0 Å². The van der Waals surface area contributed by atoms with Crippen LogP contribution in [-0.2, 0) is 6.61 Å². The summed E-state index contributed by atoms with van der Waals surface area (Å²) in [6, 6.07) is 21.1. The molecule has 3 aromatic carbocycles. The van der Waals surface area contributed by atoms with Gasteiger partial charge in [0.1, 0.15) is 18.1 Å². The molecular weight excluding hydrogens is 406 g/mol. The summed E-state index contributed by atoms with van der Waals surface area (Å²) in [4.78, 5) is 13.1. The Balaban J connectivity index is 1.39. The average molecular weight is 424 g/mol. The molecule has 29 heavy (non-hydrogen) atoms. The van der Waals surface area contributed by atoms with E-state index in [0.717, 1.165) is 16.7 Å². The SMILES string of the molecule is COc1ccc(NC(=O)c2cc(COc3ccc4ccccc4c3)cs2)cc1Cl. The van der Waals surface area contributed by atoms with Gasteiger partial charge >= 0.3 is 0 Å². The molecular formula is C23H18ClNO3S. The molecule has 1 heterocycles. The molecule has 1 aromatic heterocycles. The van der Waals surface area contributed by atoms with Gasteiger partial charge in [0.2, 0.25) is 0 Å². The van der Waals surface area contributed by atoms with E-state index < -0.39 is 0 Å². The molecule has 0 radical (unpaired) electrons. The topological polar surface area (TPSA) is 47.6 Å². The van der Waals surface area contributed by atoms with Gasteiger partial charge < -0.3 is 14.8 Å². The molecule has 0 atom stereocenters. The number of amides is 1. The molecule has 0 saturated heterocycles. The molecule has 0 unspecified atom stereocenters. The number of benzene rings is 3. The van der Waals surface area contributed by atoms with E-state index in [1.165, 1.54) is 16.7 Å². The van der Waals surface area contributed by atoms with Gasteiger partial charge in [-0.15, -0.1) is 11.3 Å². The third-order valence-corrected chi connectivity index (χ3v) is 5.69. The minimum atomic E-state index is -0.187. The van der Waals surface area contributed by atoms with Crippen LogP contribution >= 0.6 is 22.9 Å². The van der Waals surface area contributed by atoms with Crippen molar-refractivity contribution in [1.82, 2.24) is 0 Å². The minimum Gasteiger partial charge on any atom is -0.495 e. The fraction of sp³-hybridized carbons (Fsp3) is 0.0870. The zero-order valence-electron chi connectivity index (χ0n) is 15.6. The Bertz CT molecular complexity index is 1170. The van der Waals surface area contributed by atoms with Crippen LogP contribution in [-0.4, -0.2) is 13.0 Å². The maximum absolute atomic E-state index is 12.5. The second-order valence-corrected chi connectivity index (χ2v) is 7.74. The van der Waals surface area contributed by atoms with Crippen molar-refractivity contribution < 1.29 is 14.3 Å². The molecule has 0 aliphatic heterocycles. The van der Waals surface area contributed by atoms with Gasteiger partial charge in [0.05, 0.1) is 17.0 Å². The lowest BCUT2D eigenvalue weighted by atomic mass is 10.1. The zero-order chi connectivity index (χ0) is 20.2. The summed E-state index contributed by atoms with van der Waals surface area (Å²) in [5.41, 5.74) is 1.56. The summed E-state index contributed by atoms with van der Waals surface area (Å²) >= 11 is 7.49. The number of hydrogen-bond donors (Lipinski definition) is 1. The van der Waals surface area contributed by atoms with E-state index in [4.69, 9.17) is 21.1 Å². The number of rotatable bonds is 6. The predicted molar refractivity (Wildman–Crippen MR) is 119 cm³/mol. The zero-order valence-corrected chi connectivity index (χ0v) is 17.2. The van der Waals surface area contributed by atoms with Crippen LogP contribution in [0.2, 0.25) is 5.02 Å². The van der Waals surface area contributed by atoms with Crippen molar-refractivity contribution in [3.63, 3.8) is 0 Å². The number of carbonyl (C=O) groups excluding carboxylic acids is 1. The molecule has 6 heteroatoms. The van der Waals surface area contributed by atoms with Crippen molar-refractivity contribution in [2.45, 2.75) is 6.61 Å². The molecule has 0 fully saturated rings. The highest BCUT2D eigenvalue weighted by Gasteiger charge is 2.11. The van der Waals surface area contributed by atoms with Crippen LogP contribution in [0.3, 0.4) is 0 Å². The summed E-state index contributed by atoms with van der Waals surface area (Å²) in [5.74, 6) is 1.18. The lowest BCUT2D eigenvalue weighted by molar-refractivity contribution is 0.103. The maximum atomic E-state index is 12.5. The van der Waals surface area contributed by atoms with Crippen LogP contribution < -0.4 is 14.8 Å². The molecule has 4 nitrogen and oxygen atoms in total. The Labute approximate surface area is 177 Å². The minimum absolute atomic E-state index is 0.187. The van der Waals surface area contributed by atoms with Crippen LogP contribution in [0.1, 0.15) is 15.2 Å². The molecule has 1 N–H and O–H groups in total. The number of ether oxygens (including phenoxy) is 2. The molecule has 0 bridgehead atoms. The van der Waals surface area contributed by atoms with Crippen molar-refractivity contribution >= 4 is 45.3 Å². The lowest BCUT2D eigenvalue weighted by Gasteiger charge is -2.07. The maximum Gasteiger partial charge on any atom is 0.265 e. The average Bonchev–Trinajstić information content (AvgIpc) is 3.21. The lowest BCUT2D eigenvalue weighted by Crippen LogP contribution is -2.10. The molecule has 0 aliphatic rings. The van der Waals surface area contributed by atoms with Crippen molar-refractivity contribution in [3.05, 3.63) is 87.6 Å². The van der Waals surface area contributed by atoms with Gasteiger partial charge in [-0.2, -0.15) is 0 Å².